The normalized spacial score (nSPS) is 23.4. The molecule has 2 aromatic rings. The van der Waals surface area contributed by atoms with Crippen molar-refractivity contribution >= 4 is 26.5 Å². The van der Waals surface area contributed by atoms with Crippen LogP contribution in [-0.2, 0) is 0 Å². The third-order valence-corrected chi connectivity index (χ3v) is 15.7. The van der Waals surface area contributed by atoms with Gasteiger partial charge in [-0.05, 0) is 108 Å². The molecule has 0 heterocycles. The van der Waals surface area contributed by atoms with E-state index in [4.69, 9.17) is 0 Å². The number of benzene rings is 2. The lowest BCUT2D eigenvalue weighted by molar-refractivity contribution is 0.527. The van der Waals surface area contributed by atoms with Gasteiger partial charge in [-0.2, -0.15) is 0 Å². The van der Waals surface area contributed by atoms with Gasteiger partial charge in [0.1, 0.15) is 11.6 Å². The van der Waals surface area contributed by atoms with Gasteiger partial charge in [0.15, 0.2) is 0 Å². The first-order valence-electron chi connectivity index (χ1n) is 14.0. The molecule has 0 spiro atoms. The number of hydrogen-bond donors (Lipinski definition) is 0. The highest BCUT2D eigenvalue weighted by Crippen LogP contribution is 2.67. The predicted molar refractivity (Wildman–Crippen MR) is 157 cm³/mol. The highest BCUT2D eigenvalue weighted by Gasteiger charge is 2.46. The molecule has 0 N–H and O–H groups in total. The Morgan fingerprint density at radius 1 is 0.750 bits per heavy atom. The van der Waals surface area contributed by atoms with Crippen LogP contribution in [0.1, 0.15) is 105 Å². The van der Waals surface area contributed by atoms with Crippen LogP contribution in [0.2, 0.25) is 0 Å². The minimum Gasteiger partial charge on any atom is -0.207 e. The molecule has 4 rings (SSSR count). The van der Waals surface area contributed by atoms with Gasteiger partial charge in [-0.15, -0.1) is 0 Å². The molecule has 2 fully saturated rings. The Morgan fingerprint density at radius 3 is 1.92 bits per heavy atom. The molecule has 0 bridgehead atoms. The van der Waals surface area contributed by atoms with Crippen LogP contribution in [-0.4, -0.2) is 21.6 Å². The third-order valence-electron chi connectivity index (χ3n) is 8.48. The smallest absolute Gasteiger partial charge is 0.123 e. The van der Waals surface area contributed by atoms with Crippen molar-refractivity contribution < 1.29 is 8.78 Å². The largest absolute Gasteiger partial charge is 0.207 e. The second kappa shape index (κ2) is 11.1. The summed E-state index contributed by atoms with van der Waals surface area (Å²) in [5, 5.41) is 3.19. The molecular formula is C32H46F2P2. The van der Waals surface area contributed by atoms with Crippen LogP contribution >= 0.6 is 15.8 Å². The van der Waals surface area contributed by atoms with Crippen molar-refractivity contribution in [3.05, 3.63) is 59.7 Å². The summed E-state index contributed by atoms with van der Waals surface area (Å²) in [6, 6.07) is 12.9. The fourth-order valence-corrected chi connectivity index (χ4v) is 16.5. The van der Waals surface area contributed by atoms with Crippen molar-refractivity contribution in [1.29, 1.82) is 0 Å². The van der Waals surface area contributed by atoms with E-state index in [9.17, 15) is 8.78 Å². The molecule has 2 unspecified atom stereocenters. The summed E-state index contributed by atoms with van der Waals surface area (Å²) in [5.41, 5.74) is 2.45. The maximum absolute atomic E-state index is 14.6. The summed E-state index contributed by atoms with van der Waals surface area (Å²) in [4.78, 5) is 0. The summed E-state index contributed by atoms with van der Waals surface area (Å²) in [7, 11) is -0.945. The van der Waals surface area contributed by atoms with Crippen LogP contribution in [0.15, 0.2) is 42.5 Å². The van der Waals surface area contributed by atoms with Crippen LogP contribution in [0.25, 0.3) is 0 Å². The average Bonchev–Trinajstić information content (AvgIpc) is 3.46. The molecule has 2 aliphatic rings. The van der Waals surface area contributed by atoms with E-state index in [0.717, 1.165) is 12.8 Å². The Balaban J connectivity index is 1.82. The van der Waals surface area contributed by atoms with Gasteiger partial charge in [-0.3, -0.25) is 0 Å². The fourth-order valence-electron chi connectivity index (χ4n) is 7.69. The van der Waals surface area contributed by atoms with E-state index >= 15 is 0 Å². The first-order valence-corrected chi connectivity index (χ1v) is 16.8. The number of rotatable bonds is 6. The lowest BCUT2D eigenvalue weighted by Crippen LogP contribution is -2.37. The fraction of sp³-hybridized carbons (Fsp3) is 0.625. The van der Waals surface area contributed by atoms with Gasteiger partial charge in [0.2, 0.25) is 0 Å². The summed E-state index contributed by atoms with van der Waals surface area (Å²) in [6.07, 6.45) is 8.55. The van der Waals surface area contributed by atoms with Crippen molar-refractivity contribution in [3.8, 4) is 0 Å². The van der Waals surface area contributed by atoms with Gasteiger partial charge in [-0.25, -0.2) is 8.78 Å². The van der Waals surface area contributed by atoms with Crippen LogP contribution in [0.3, 0.4) is 0 Å². The van der Waals surface area contributed by atoms with Crippen LogP contribution in [0.5, 0.6) is 0 Å². The Hall–Kier alpha value is -0.840. The molecule has 2 aromatic carbocycles. The minimum absolute atomic E-state index is 0.116. The molecule has 4 atom stereocenters. The molecule has 4 heteroatoms. The number of hydrogen-bond acceptors (Lipinski definition) is 0. The maximum Gasteiger partial charge on any atom is 0.123 e. The SMILES string of the molecule is CC([C@@H]1CCC[C@@H]1P(c1ccc(F)cc1)c1ccc(F)cc1C1CCCC1)P(C(C)(C)C)C(C)(C)C. The molecule has 36 heavy (non-hydrogen) atoms. The Labute approximate surface area is 221 Å². The van der Waals surface area contributed by atoms with Crippen molar-refractivity contribution in [2.45, 2.75) is 121 Å². The monoisotopic (exact) mass is 530 g/mol. The first-order chi connectivity index (χ1) is 16.9. The highest BCUT2D eigenvalue weighted by molar-refractivity contribution is 7.73. The predicted octanol–water partition coefficient (Wildman–Crippen LogP) is 9.69. The summed E-state index contributed by atoms with van der Waals surface area (Å²) in [5.74, 6) is 0.811. The standard InChI is InChI=1S/C32H46F2P2/c1-22(36(31(2,3)4)32(5,6)7)27-13-10-14-29(27)35(26-18-15-24(33)16-19-26)30-20-17-25(34)21-28(30)23-11-8-9-12-23/h15-23,27,29H,8-14H2,1-7H3/t22?,27-,29-,35?/m0/s1. The van der Waals surface area contributed by atoms with Crippen LogP contribution < -0.4 is 10.6 Å². The van der Waals surface area contributed by atoms with E-state index in [1.54, 1.807) is 18.2 Å². The molecular weight excluding hydrogens is 484 g/mol. The summed E-state index contributed by atoms with van der Waals surface area (Å²) < 4.78 is 28.7. The average molecular weight is 531 g/mol. The van der Waals surface area contributed by atoms with Crippen molar-refractivity contribution in [2.24, 2.45) is 5.92 Å². The quantitative estimate of drug-likeness (QED) is 0.326. The Morgan fingerprint density at radius 2 is 1.33 bits per heavy atom. The lowest BCUT2D eigenvalue weighted by atomic mass is 9.97. The van der Waals surface area contributed by atoms with Crippen molar-refractivity contribution in [2.75, 3.05) is 0 Å². The van der Waals surface area contributed by atoms with E-state index in [0.29, 0.717) is 23.2 Å². The molecule has 0 radical (unpaired) electrons. The Bertz CT molecular complexity index is 998. The zero-order chi connectivity index (χ0) is 26.3. The van der Waals surface area contributed by atoms with Crippen LogP contribution in [0, 0.1) is 17.6 Å². The molecule has 0 saturated heterocycles. The van der Waals surface area contributed by atoms with E-state index in [1.165, 1.54) is 48.3 Å². The minimum atomic E-state index is -0.705. The molecule has 0 amide bonds. The molecule has 2 aliphatic carbocycles. The Kier molecular flexibility index (Phi) is 8.69. The topological polar surface area (TPSA) is 0 Å². The maximum atomic E-state index is 14.6. The van der Waals surface area contributed by atoms with Crippen LogP contribution in [0.4, 0.5) is 8.78 Å². The highest BCUT2D eigenvalue weighted by atomic mass is 31.1. The van der Waals surface area contributed by atoms with Gasteiger partial charge >= 0.3 is 0 Å². The zero-order valence-electron chi connectivity index (χ0n) is 23.5. The third kappa shape index (κ3) is 6.07. The van der Waals surface area contributed by atoms with Crippen molar-refractivity contribution in [1.82, 2.24) is 0 Å². The van der Waals surface area contributed by atoms with E-state index in [2.05, 4.69) is 54.5 Å². The molecule has 0 aliphatic heterocycles. The van der Waals surface area contributed by atoms with E-state index in [1.807, 2.05) is 18.2 Å². The number of halogens is 2. The molecule has 2 saturated carbocycles. The second-order valence-corrected chi connectivity index (χ2v) is 19.8. The summed E-state index contributed by atoms with van der Waals surface area (Å²) in [6.45, 7) is 17.1. The van der Waals surface area contributed by atoms with Gasteiger partial charge in [0.25, 0.3) is 0 Å². The molecule has 0 aromatic heterocycles. The first kappa shape index (κ1) is 28.2. The van der Waals surface area contributed by atoms with Crippen molar-refractivity contribution in [3.63, 3.8) is 0 Å². The second-order valence-electron chi connectivity index (χ2n) is 13.1. The van der Waals surface area contributed by atoms with Gasteiger partial charge in [0.05, 0.1) is 0 Å². The summed E-state index contributed by atoms with van der Waals surface area (Å²) >= 11 is 0. The molecule has 198 valence electrons. The zero-order valence-corrected chi connectivity index (χ0v) is 25.2. The van der Waals surface area contributed by atoms with Gasteiger partial charge in [0, 0.05) is 0 Å². The van der Waals surface area contributed by atoms with E-state index in [-0.39, 0.29) is 29.9 Å². The lowest BCUT2D eigenvalue weighted by Gasteiger charge is -2.49. The van der Waals surface area contributed by atoms with Gasteiger partial charge < -0.3 is 0 Å². The molecule has 0 nitrogen and oxygen atoms in total. The van der Waals surface area contributed by atoms with E-state index < -0.39 is 7.92 Å². The van der Waals surface area contributed by atoms with Gasteiger partial charge in [-0.1, -0.05) is 93.8 Å².